The molecule has 0 radical (unpaired) electrons. The van der Waals surface area contributed by atoms with Crippen LogP contribution < -0.4 is 4.74 Å². The topological polar surface area (TPSA) is 71.6 Å². The lowest BCUT2D eigenvalue weighted by molar-refractivity contribution is -0.165. The Morgan fingerprint density at radius 2 is 2.04 bits per heavy atom. The summed E-state index contributed by atoms with van der Waals surface area (Å²) in [6.45, 7) is 7.85. The van der Waals surface area contributed by atoms with Gasteiger partial charge in [0.25, 0.3) is 0 Å². The van der Waals surface area contributed by atoms with Crippen molar-refractivity contribution < 1.29 is 14.4 Å². The third-order valence-electron chi connectivity index (χ3n) is 6.02. The number of hydrogen-bond donors (Lipinski definition) is 1. The molecule has 1 N–H and O–H groups in total. The molecule has 0 saturated carbocycles. The number of aliphatic hydroxyl groups is 1. The molecule has 5 rings (SSSR count). The number of para-hydroxylation sites is 1. The first-order valence-corrected chi connectivity index (χ1v) is 9.13. The summed E-state index contributed by atoms with van der Waals surface area (Å²) < 4.78 is 11.3. The zero-order valence-electron chi connectivity index (χ0n) is 15.5. The van der Waals surface area contributed by atoms with Gasteiger partial charge in [0, 0.05) is 6.92 Å². The third-order valence-corrected chi connectivity index (χ3v) is 6.02. The number of rotatable bonds is 6. The molecular formula is C20H26ClN3O3. The van der Waals surface area contributed by atoms with E-state index in [0.29, 0.717) is 24.7 Å². The number of piperidine rings is 3. The highest BCUT2D eigenvalue weighted by Gasteiger charge is 2.62. The van der Waals surface area contributed by atoms with Gasteiger partial charge in [-0.15, -0.1) is 19.0 Å². The number of hydrogen-bond acceptors (Lipinski definition) is 6. The van der Waals surface area contributed by atoms with Gasteiger partial charge < -0.3 is 14.4 Å². The van der Waals surface area contributed by atoms with Gasteiger partial charge in [0.15, 0.2) is 5.82 Å². The van der Waals surface area contributed by atoms with Crippen LogP contribution in [0, 0.1) is 6.92 Å². The Bertz CT molecular complexity index is 774. The molecule has 1 aromatic carbocycles. The maximum Gasteiger partial charge on any atom is 0.223 e. The number of aromatic nitrogens is 2. The van der Waals surface area contributed by atoms with Crippen LogP contribution in [0.2, 0.25) is 0 Å². The zero-order chi connectivity index (χ0) is 18.2. The van der Waals surface area contributed by atoms with Crippen molar-refractivity contribution in [3.05, 3.63) is 54.7 Å². The monoisotopic (exact) mass is 391 g/mol. The second kappa shape index (κ2) is 7.62. The smallest absolute Gasteiger partial charge is 0.223 e. The predicted octanol–water partition coefficient (Wildman–Crippen LogP) is 2.90. The summed E-state index contributed by atoms with van der Waals surface area (Å²) in [5.74, 6) is 1.95. The maximum atomic E-state index is 11.5. The van der Waals surface area contributed by atoms with E-state index < -0.39 is 17.1 Å². The molecule has 2 unspecified atom stereocenters. The molecule has 2 aromatic rings. The molecule has 0 aliphatic carbocycles. The molecule has 4 heterocycles. The molecule has 2 bridgehead atoms. The van der Waals surface area contributed by atoms with E-state index in [4.69, 9.17) is 9.26 Å². The predicted molar refractivity (Wildman–Crippen MR) is 104 cm³/mol. The molecule has 7 heteroatoms. The van der Waals surface area contributed by atoms with Crippen molar-refractivity contribution in [3.63, 3.8) is 0 Å². The van der Waals surface area contributed by atoms with Crippen molar-refractivity contribution >= 4 is 12.4 Å². The van der Waals surface area contributed by atoms with Gasteiger partial charge in [-0.05, 0) is 44.5 Å². The number of fused-ring (bicyclic) bond motifs is 3. The highest BCUT2D eigenvalue weighted by atomic mass is 35.5. The molecule has 3 aliphatic rings. The lowest BCUT2D eigenvalue weighted by atomic mass is 9.60. The fourth-order valence-electron chi connectivity index (χ4n) is 4.60. The van der Waals surface area contributed by atoms with Gasteiger partial charge in [-0.1, -0.05) is 29.4 Å². The number of nitrogens with zero attached hydrogens (tertiary/aromatic N) is 3. The fraction of sp³-hybridized carbons (Fsp3) is 0.500. The van der Waals surface area contributed by atoms with E-state index in [1.165, 1.54) is 0 Å². The van der Waals surface area contributed by atoms with Crippen molar-refractivity contribution in [3.8, 4) is 5.75 Å². The van der Waals surface area contributed by atoms with Crippen LogP contribution in [-0.4, -0.2) is 51.5 Å². The highest BCUT2D eigenvalue weighted by Crippen LogP contribution is 2.50. The molecule has 1 aromatic heterocycles. The molecule has 0 amide bonds. The Labute approximate surface area is 165 Å². The van der Waals surface area contributed by atoms with Crippen LogP contribution in [0.1, 0.15) is 31.0 Å². The average molecular weight is 392 g/mol. The second-order valence-corrected chi connectivity index (χ2v) is 7.38. The average Bonchev–Trinajstić information content (AvgIpc) is 3.12. The summed E-state index contributed by atoms with van der Waals surface area (Å²) in [5.41, 5.74) is -1.03. The van der Waals surface area contributed by atoms with E-state index in [2.05, 4.69) is 21.6 Å². The molecule has 6 nitrogen and oxygen atoms in total. The molecule has 3 aliphatic heterocycles. The van der Waals surface area contributed by atoms with Gasteiger partial charge >= 0.3 is 0 Å². The normalized spacial score (nSPS) is 31.9. The molecule has 0 spiro atoms. The van der Waals surface area contributed by atoms with Crippen LogP contribution in [0.5, 0.6) is 5.75 Å². The van der Waals surface area contributed by atoms with Crippen molar-refractivity contribution in [2.24, 2.45) is 0 Å². The summed E-state index contributed by atoms with van der Waals surface area (Å²) in [7, 11) is 0. The van der Waals surface area contributed by atoms with Crippen LogP contribution in [0.4, 0.5) is 0 Å². The van der Waals surface area contributed by atoms with Gasteiger partial charge in [-0.2, -0.15) is 4.98 Å². The van der Waals surface area contributed by atoms with E-state index in [0.717, 1.165) is 31.7 Å². The van der Waals surface area contributed by atoms with Gasteiger partial charge in [-0.25, -0.2) is 0 Å². The van der Waals surface area contributed by atoms with Crippen molar-refractivity contribution in [2.45, 2.75) is 43.2 Å². The third kappa shape index (κ3) is 3.16. The maximum absolute atomic E-state index is 11.5. The Morgan fingerprint density at radius 1 is 1.33 bits per heavy atom. The first-order chi connectivity index (χ1) is 12.6. The van der Waals surface area contributed by atoms with Crippen LogP contribution in [0.3, 0.4) is 0 Å². The van der Waals surface area contributed by atoms with E-state index in [1.807, 2.05) is 36.4 Å². The fourth-order valence-corrected chi connectivity index (χ4v) is 4.60. The minimum Gasteiger partial charge on any atom is -0.492 e. The van der Waals surface area contributed by atoms with E-state index >= 15 is 0 Å². The quantitative estimate of drug-likeness (QED) is 0.763. The largest absolute Gasteiger partial charge is 0.492 e. The van der Waals surface area contributed by atoms with Gasteiger partial charge in [0.05, 0.1) is 17.1 Å². The SMILES string of the molecule is C=CCC1(COc2ccccc2)C(O)C2(c3noc(C)n3)CCN1CC2.Cl. The number of ether oxygens (including phenoxy) is 1. The summed E-state index contributed by atoms with van der Waals surface area (Å²) in [4.78, 5) is 6.82. The number of aliphatic hydroxyl groups excluding tert-OH is 1. The molecule has 146 valence electrons. The first kappa shape index (κ1) is 19.9. The summed E-state index contributed by atoms with van der Waals surface area (Å²) in [5, 5.41) is 15.7. The summed E-state index contributed by atoms with van der Waals surface area (Å²) in [6, 6.07) is 9.72. The van der Waals surface area contributed by atoms with Crippen LogP contribution >= 0.6 is 12.4 Å². The lowest BCUT2D eigenvalue weighted by Crippen LogP contribution is -2.74. The zero-order valence-corrected chi connectivity index (χ0v) is 16.3. The van der Waals surface area contributed by atoms with E-state index in [1.54, 1.807) is 6.92 Å². The molecule has 2 atom stereocenters. The molecule has 27 heavy (non-hydrogen) atoms. The van der Waals surface area contributed by atoms with Crippen LogP contribution in [0.25, 0.3) is 0 Å². The van der Waals surface area contributed by atoms with Crippen LogP contribution in [0.15, 0.2) is 47.5 Å². The van der Waals surface area contributed by atoms with Crippen molar-refractivity contribution in [2.75, 3.05) is 19.7 Å². The molecule has 3 fully saturated rings. The Kier molecular flexibility index (Phi) is 5.60. The lowest BCUT2D eigenvalue weighted by Gasteiger charge is -2.61. The van der Waals surface area contributed by atoms with Gasteiger partial charge in [-0.3, -0.25) is 4.90 Å². The Morgan fingerprint density at radius 3 is 2.63 bits per heavy atom. The minimum absolute atomic E-state index is 0. The Balaban J connectivity index is 0.00000210. The molecular weight excluding hydrogens is 366 g/mol. The number of halogens is 1. The van der Waals surface area contributed by atoms with Crippen LogP contribution in [-0.2, 0) is 5.41 Å². The first-order valence-electron chi connectivity index (χ1n) is 9.13. The van der Waals surface area contributed by atoms with E-state index in [-0.39, 0.29) is 12.4 Å². The highest BCUT2D eigenvalue weighted by molar-refractivity contribution is 5.85. The van der Waals surface area contributed by atoms with Crippen molar-refractivity contribution in [1.29, 1.82) is 0 Å². The minimum atomic E-state index is -0.656. The van der Waals surface area contributed by atoms with Gasteiger partial charge in [0.1, 0.15) is 12.4 Å². The van der Waals surface area contributed by atoms with E-state index in [9.17, 15) is 5.11 Å². The van der Waals surface area contributed by atoms with Crippen molar-refractivity contribution in [1.82, 2.24) is 15.0 Å². The Hall–Kier alpha value is -1.89. The van der Waals surface area contributed by atoms with Gasteiger partial charge in [0.2, 0.25) is 5.89 Å². The number of aryl methyl sites for hydroxylation is 1. The standard InChI is InChI=1S/C20H25N3O3.ClH/c1-3-9-20(14-25-16-7-5-4-6-8-16)17(24)19(10-12-23(20)13-11-19)18-21-15(2)26-22-18;/h3-8,17,24H,1,9-14H2,2H3;1H. The summed E-state index contributed by atoms with van der Waals surface area (Å²) >= 11 is 0. The number of benzene rings is 1. The molecule has 3 saturated heterocycles. The second-order valence-electron chi connectivity index (χ2n) is 7.38. The summed E-state index contributed by atoms with van der Waals surface area (Å²) in [6.07, 6.45) is 3.48.